The number of rotatable bonds is 4. The topological polar surface area (TPSA) is 85.2 Å². The first kappa shape index (κ1) is 18.9. The zero-order valence-corrected chi connectivity index (χ0v) is 16.8. The third-order valence-corrected chi connectivity index (χ3v) is 5.52. The highest BCUT2D eigenvalue weighted by atomic mass is 16.5. The van der Waals surface area contributed by atoms with E-state index in [-0.39, 0.29) is 17.7 Å². The molecule has 1 fully saturated rings. The van der Waals surface area contributed by atoms with Crippen LogP contribution in [0, 0.1) is 5.92 Å². The maximum atomic E-state index is 11.9. The molecule has 150 valence electrons. The zero-order valence-electron chi connectivity index (χ0n) is 16.8. The van der Waals surface area contributed by atoms with Crippen LogP contribution in [0.25, 0.3) is 0 Å². The van der Waals surface area contributed by atoms with Crippen molar-refractivity contribution in [3.8, 4) is 0 Å². The van der Waals surface area contributed by atoms with E-state index in [1.165, 1.54) is 4.68 Å². The molecular formula is C20H28N6O2. The SMILES string of the molecule is CC(C)[C@H]1OCCC[C@H]1Nc1ccnc(N2CCc3nn(C)c(=O)cc3C2)n1. The lowest BCUT2D eigenvalue weighted by Crippen LogP contribution is -2.43. The molecule has 4 heterocycles. The van der Waals surface area contributed by atoms with Crippen molar-refractivity contribution in [2.75, 3.05) is 23.4 Å². The van der Waals surface area contributed by atoms with Crippen molar-refractivity contribution in [1.82, 2.24) is 19.7 Å². The van der Waals surface area contributed by atoms with Gasteiger partial charge in [-0.2, -0.15) is 10.1 Å². The number of fused-ring (bicyclic) bond motifs is 1. The molecule has 0 spiro atoms. The van der Waals surface area contributed by atoms with E-state index in [0.717, 1.165) is 49.5 Å². The van der Waals surface area contributed by atoms with Crippen LogP contribution in [-0.4, -0.2) is 45.0 Å². The highest BCUT2D eigenvalue weighted by Gasteiger charge is 2.29. The molecule has 4 rings (SSSR count). The summed E-state index contributed by atoms with van der Waals surface area (Å²) in [4.78, 5) is 23.2. The van der Waals surface area contributed by atoms with Gasteiger partial charge in [0.2, 0.25) is 5.95 Å². The summed E-state index contributed by atoms with van der Waals surface area (Å²) in [5.41, 5.74) is 1.84. The van der Waals surface area contributed by atoms with E-state index in [0.29, 0.717) is 18.4 Å². The van der Waals surface area contributed by atoms with Crippen LogP contribution in [0.4, 0.5) is 11.8 Å². The second-order valence-corrected chi connectivity index (χ2v) is 7.96. The normalized spacial score (nSPS) is 22.2. The minimum absolute atomic E-state index is 0.0889. The molecule has 2 atom stereocenters. The van der Waals surface area contributed by atoms with Crippen molar-refractivity contribution in [2.45, 2.75) is 51.8 Å². The number of hydrogen-bond donors (Lipinski definition) is 1. The summed E-state index contributed by atoms with van der Waals surface area (Å²) >= 11 is 0. The van der Waals surface area contributed by atoms with Crippen LogP contribution in [0.15, 0.2) is 23.1 Å². The molecule has 0 amide bonds. The minimum Gasteiger partial charge on any atom is -0.376 e. The van der Waals surface area contributed by atoms with Gasteiger partial charge in [0.05, 0.1) is 17.8 Å². The first-order valence-corrected chi connectivity index (χ1v) is 10.0. The van der Waals surface area contributed by atoms with Gasteiger partial charge in [0.25, 0.3) is 5.56 Å². The second kappa shape index (κ2) is 7.87. The Hall–Kier alpha value is -2.48. The van der Waals surface area contributed by atoms with Crippen molar-refractivity contribution < 1.29 is 4.74 Å². The fourth-order valence-corrected chi connectivity index (χ4v) is 4.05. The molecule has 2 aromatic heterocycles. The fraction of sp³-hybridized carbons (Fsp3) is 0.600. The predicted octanol–water partition coefficient (Wildman–Crippen LogP) is 1.75. The molecule has 2 aliphatic heterocycles. The Morgan fingerprint density at radius 2 is 2.21 bits per heavy atom. The summed E-state index contributed by atoms with van der Waals surface area (Å²) in [6, 6.07) is 3.83. The van der Waals surface area contributed by atoms with E-state index in [1.807, 2.05) is 6.07 Å². The van der Waals surface area contributed by atoms with Crippen molar-refractivity contribution >= 4 is 11.8 Å². The second-order valence-electron chi connectivity index (χ2n) is 7.96. The Morgan fingerprint density at radius 3 is 3.04 bits per heavy atom. The Kier molecular flexibility index (Phi) is 5.30. The quantitative estimate of drug-likeness (QED) is 0.859. The van der Waals surface area contributed by atoms with Crippen LogP contribution >= 0.6 is 0 Å². The van der Waals surface area contributed by atoms with E-state index in [2.05, 4.69) is 34.1 Å². The van der Waals surface area contributed by atoms with E-state index < -0.39 is 0 Å². The van der Waals surface area contributed by atoms with Crippen molar-refractivity contribution in [2.24, 2.45) is 13.0 Å². The predicted molar refractivity (Wildman–Crippen MR) is 107 cm³/mol. The largest absolute Gasteiger partial charge is 0.376 e. The Morgan fingerprint density at radius 1 is 1.36 bits per heavy atom. The molecule has 0 aromatic carbocycles. The third kappa shape index (κ3) is 3.87. The monoisotopic (exact) mass is 384 g/mol. The highest BCUT2D eigenvalue weighted by Crippen LogP contribution is 2.25. The van der Waals surface area contributed by atoms with Crippen molar-refractivity contribution in [3.05, 3.63) is 39.9 Å². The number of ether oxygens (including phenoxy) is 1. The molecular weight excluding hydrogens is 356 g/mol. The maximum Gasteiger partial charge on any atom is 0.266 e. The van der Waals surface area contributed by atoms with Crippen LogP contribution in [0.1, 0.15) is 37.9 Å². The number of anilines is 2. The number of nitrogens with one attached hydrogen (secondary N) is 1. The maximum absolute atomic E-state index is 11.9. The lowest BCUT2D eigenvalue weighted by molar-refractivity contribution is -0.0203. The lowest BCUT2D eigenvalue weighted by Gasteiger charge is -2.35. The first-order valence-electron chi connectivity index (χ1n) is 10.0. The van der Waals surface area contributed by atoms with Gasteiger partial charge >= 0.3 is 0 Å². The van der Waals surface area contributed by atoms with Gasteiger partial charge in [0.1, 0.15) is 5.82 Å². The minimum atomic E-state index is -0.0889. The fourth-order valence-electron chi connectivity index (χ4n) is 4.05. The van der Waals surface area contributed by atoms with Crippen LogP contribution in [0.5, 0.6) is 0 Å². The molecule has 0 bridgehead atoms. The Labute approximate surface area is 164 Å². The van der Waals surface area contributed by atoms with Gasteiger partial charge in [-0.05, 0) is 24.8 Å². The standard InChI is InChI=1S/C20H28N6O2/c1-13(2)19-16(5-4-10-28-19)22-17-6-8-21-20(23-17)26-9-7-15-14(12-26)11-18(27)25(3)24-15/h6,8,11,13,16,19H,4-5,7,9-10,12H2,1-3H3,(H,21,22,23)/t16-,19-/m1/s1. The zero-order chi connectivity index (χ0) is 19.7. The lowest BCUT2D eigenvalue weighted by atomic mass is 9.94. The van der Waals surface area contributed by atoms with Gasteiger partial charge in [-0.25, -0.2) is 9.67 Å². The molecule has 2 aromatic rings. The number of hydrogen-bond acceptors (Lipinski definition) is 7. The van der Waals surface area contributed by atoms with Gasteiger partial charge in [-0.15, -0.1) is 0 Å². The van der Waals surface area contributed by atoms with Gasteiger partial charge in [0.15, 0.2) is 0 Å². The van der Waals surface area contributed by atoms with E-state index >= 15 is 0 Å². The van der Waals surface area contributed by atoms with Gasteiger partial charge < -0.3 is 15.0 Å². The molecule has 0 aliphatic carbocycles. The molecule has 0 radical (unpaired) electrons. The molecule has 1 saturated heterocycles. The molecule has 28 heavy (non-hydrogen) atoms. The van der Waals surface area contributed by atoms with Crippen LogP contribution in [-0.2, 0) is 24.8 Å². The van der Waals surface area contributed by atoms with Gasteiger partial charge in [0, 0.05) is 51.0 Å². The Bertz CT molecular complexity index is 897. The van der Waals surface area contributed by atoms with Crippen LogP contribution in [0.3, 0.4) is 0 Å². The highest BCUT2D eigenvalue weighted by molar-refractivity contribution is 5.44. The van der Waals surface area contributed by atoms with E-state index in [1.54, 1.807) is 19.3 Å². The van der Waals surface area contributed by atoms with Crippen LogP contribution in [0.2, 0.25) is 0 Å². The van der Waals surface area contributed by atoms with Gasteiger partial charge in [-0.1, -0.05) is 13.8 Å². The molecule has 2 aliphatic rings. The van der Waals surface area contributed by atoms with E-state index in [9.17, 15) is 4.79 Å². The van der Waals surface area contributed by atoms with E-state index in [4.69, 9.17) is 9.72 Å². The summed E-state index contributed by atoms with van der Waals surface area (Å²) in [7, 11) is 1.69. The summed E-state index contributed by atoms with van der Waals surface area (Å²) in [5, 5.41) is 7.93. The average Bonchev–Trinajstić information content (AvgIpc) is 2.69. The summed E-state index contributed by atoms with van der Waals surface area (Å²) in [6.45, 7) is 6.60. The Balaban J connectivity index is 1.51. The molecule has 0 unspecified atom stereocenters. The number of aryl methyl sites for hydroxylation is 1. The third-order valence-electron chi connectivity index (χ3n) is 5.52. The van der Waals surface area contributed by atoms with Gasteiger partial charge in [-0.3, -0.25) is 4.79 Å². The van der Waals surface area contributed by atoms with Crippen molar-refractivity contribution in [3.63, 3.8) is 0 Å². The number of aromatic nitrogens is 4. The number of nitrogens with zero attached hydrogens (tertiary/aromatic N) is 5. The van der Waals surface area contributed by atoms with Crippen molar-refractivity contribution in [1.29, 1.82) is 0 Å². The molecule has 8 heteroatoms. The average molecular weight is 384 g/mol. The summed E-state index contributed by atoms with van der Waals surface area (Å²) < 4.78 is 7.37. The summed E-state index contributed by atoms with van der Waals surface area (Å²) in [5.74, 6) is 1.95. The molecule has 1 N–H and O–H groups in total. The first-order chi connectivity index (χ1) is 13.5. The smallest absolute Gasteiger partial charge is 0.266 e. The van der Waals surface area contributed by atoms with Crippen LogP contribution < -0.4 is 15.8 Å². The molecule has 8 nitrogen and oxygen atoms in total. The summed E-state index contributed by atoms with van der Waals surface area (Å²) in [6.07, 6.45) is 4.89. The molecule has 0 saturated carbocycles.